The molecule has 0 saturated heterocycles. The van der Waals surface area contributed by atoms with Gasteiger partial charge in [-0.15, -0.1) is 0 Å². The molecule has 1 aliphatic rings. The number of esters is 1. The molecule has 0 radical (unpaired) electrons. The summed E-state index contributed by atoms with van der Waals surface area (Å²) in [6.07, 6.45) is 4.88. The minimum atomic E-state index is -0.550. The molecule has 0 heterocycles. The lowest BCUT2D eigenvalue weighted by Gasteiger charge is -2.02. The topological polar surface area (TPSA) is 55.4 Å². The monoisotopic (exact) mass is 279 g/mol. The molecule has 0 aliphatic heterocycles. The number of benzene rings is 1. The van der Waals surface area contributed by atoms with Crippen LogP contribution < -0.4 is 5.32 Å². The van der Waals surface area contributed by atoms with Crippen LogP contribution in [-0.4, -0.2) is 24.5 Å². The molecule has 1 N–H and O–H groups in total. The van der Waals surface area contributed by atoms with E-state index in [9.17, 15) is 9.59 Å². The Morgan fingerprint density at radius 3 is 2.89 bits per heavy atom. The Bertz CT molecular complexity index is 509. The van der Waals surface area contributed by atoms with E-state index in [0.29, 0.717) is 5.02 Å². The summed E-state index contributed by atoms with van der Waals surface area (Å²) >= 11 is 5.81. The number of nitrogens with one attached hydrogen (secondary N) is 1. The first-order valence-electron chi connectivity index (χ1n) is 6.03. The fourth-order valence-electron chi connectivity index (χ4n) is 1.46. The highest BCUT2D eigenvalue weighted by molar-refractivity contribution is 6.30. The molecule has 19 heavy (non-hydrogen) atoms. The van der Waals surface area contributed by atoms with Gasteiger partial charge < -0.3 is 10.1 Å². The van der Waals surface area contributed by atoms with E-state index in [1.807, 2.05) is 6.07 Å². The van der Waals surface area contributed by atoms with E-state index in [1.54, 1.807) is 24.3 Å². The van der Waals surface area contributed by atoms with Gasteiger partial charge in [-0.2, -0.15) is 0 Å². The molecule has 1 aromatic carbocycles. The van der Waals surface area contributed by atoms with Crippen LogP contribution in [-0.2, 0) is 14.3 Å². The van der Waals surface area contributed by atoms with Gasteiger partial charge in [0.2, 0.25) is 0 Å². The Balaban J connectivity index is 1.75. The molecular formula is C14H14ClNO3. The normalized spacial score (nSPS) is 14.4. The summed E-state index contributed by atoms with van der Waals surface area (Å²) < 4.78 is 4.81. The van der Waals surface area contributed by atoms with Crippen molar-refractivity contribution in [2.24, 2.45) is 0 Å². The summed E-state index contributed by atoms with van der Waals surface area (Å²) in [7, 11) is 0. The number of ether oxygens (including phenoxy) is 1. The quantitative estimate of drug-likeness (QED) is 0.664. The summed E-state index contributed by atoms with van der Waals surface area (Å²) in [6, 6.07) is 7.35. The zero-order valence-electron chi connectivity index (χ0n) is 10.3. The zero-order chi connectivity index (χ0) is 13.7. The molecule has 100 valence electrons. The van der Waals surface area contributed by atoms with Crippen molar-refractivity contribution in [3.05, 3.63) is 40.9 Å². The minimum Gasteiger partial charge on any atom is -0.452 e. The Morgan fingerprint density at radius 1 is 1.42 bits per heavy atom. The van der Waals surface area contributed by atoms with E-state index in [0.717, 1.165) is 18.4 Å². The van der Waals surface area contributed by atoms with Crippen molar-refractivity contribution in [2.75, 3.05) is 6.61 Å². The summed E-state index contributed by atoms with van der Waals surface area (Å²) in [4.78, 5) is 22.7. The van der Waals surface area contributed by atoms with Gasteiger partial charge in [-0.1, -0.05) is 23.7 Å². The van der Waals surface area contributed by atoms with Gasteiger partial charge >= 0.3 is 5.97 Å². The Labute approximate surface area is 116 Å². The molecule has 5 heteroatoms. The number of hydrogen-bond acceptors (Lipinski definition) is 3. The SMILES string of the molecule is O=C(COC(=O)C=Cc1cccc(Cl)c1)NC1CC1. The third-order valence-electron chi connectivity index (χ3n) is 2.55. The number of rotatable bonds is 5. The maximum atomic E-state index is 11.4. The molecule has 4 nitrogen and oxygen atoms in total. The fraction of sp³-hybridized carbons (Fsp3) is 0.286. The highest BCUT2D eigenvalue weighted by atomic mass is 35.5. The lowest BCUT2D eigenvalue weighted by molar-refractivity contribution is -0.143. The van der Waals surface area contributed by atoms with E-state index in [2.05, 4.69) is 5.32 Å². The molecule has 1 saturated carbocycles. The minimum absolute atomic E-state index is 0.241. The summed E-state index contributed by atoms with van der Waals surface area (Å²) in [6.45, 7) is -0.241. The smallest absolute Gasteiger partial charge is 0.331 e. The summed E-state index contributed by atoms with van der Waals surface area (Å²) in [5.41, 5.74) is 0.798. The van der Waals surface area contributed by atoms with Gasteiger partial charge in [0, 0.05) is 17.1 Å². The van der Waals surface area contributed by atoms with Crippen molar-refractivity contribution in [3.63, 3.8) is 0 Å². The first kappa shape index (κ1) is 13.6. The Hall–Kier alpha value is -1.81. The Morgan fingerprint density at radius 2 is 2.21 bits per heavy atom. The number of hydrogen-bond donors (Lipinski definition) is 1. The molecular weight excluding hydrogens is 266 g/mol. The van der Waals surface area contributed by atoms with Gasteiger partial charge in [0.25, 0.3) is 5.91 Å². The van der Waals surface area contributed by atoms with Crippen LogP contribution in [0, 0.1) is 0 Å². The van der Waals surface area contributed by atoms with Gasteiger partial charge in [0.05, 0.1) is 0 Å². The Kier molecular flexibility index (Phi) is 4.58. The maximum absolute atomic E-state index is 11.4. The van der Waals surface area contributed by atoms with Crippen molar-refractivity contribution in [1.29, 1.82) is 0 Å². The predicted molar refractivity (Wildman–Crippen MR) is 72.6 cm³/mol. The lowest BCUT2D eigenvalue weighted by atomic mass is 10.2. The van der Waals surface area contributed by atoms with Gasteiger partial charge in [0.1, 0.15) is 0 Å². The van der Waals surface area contributed by atoms with Crippen molar-refractivity contribution in [1.82, 2.24) is 5.32 Å². The van der Waals surface area contributed by atoms with Crippen LogP contribution in [0.1, 0.15) is 18.4 Å². The van der Waals surface area contributed by atoms with E-state index in [1.165, 1.54) is 6.08 Å². The van der Waals surface area contributed by atoms with Gasteiger partial charge in [-0.25, -0.2) is 4.79 Å². The number of carbonyl (C=O) groups is 2. The third kappa shape index (κ3) is 5.14. The average Bonchev–Trinajstić information content (AvgIpc) is 3.18. The van der Waals surface area contributed by atoms with Crippen molar-refractivity contribution >= 4 is 29.6 Å². The second-order valence-electron chi connectivity index (χ2n) is 4.34. The molecule has 0 aromatic heterocycles. The lowest BCUT2D eigenvalue weighted by Crippen LogP contribution is -2.30. The van der Waals surface area contributed by atoms with E-state index in [4.69, 9.17) is 16.3 Å². The second-order valence-corrected chi connectivity index (χ2v) is 4.77. The summed E-state index contributed by atoms with van der Waals surface area (Å²) in [5, 5.41) is 3.33. The highest BCUT2D eigenvalue weighted by Crippen LogP contribution is 2.18. The van der Waals surface area contributed by atoms with Crippen molar-refractivity contribution in [3.8, 4) is 0 Å². The average molecular weight is 280 g/mol. The standard InChI is InChI=1S/C14H14ClNO3/c15-11-3-1-2-10(8-11)4-7-14(18)19-9-13(17)16-12-5-6-12/h1-4,7-8,12H,5-6,9H2,(H,16,17). The molecule has 0 bridgehead atoms. The van der Waals surface area contributed by atoms with E-state index in [-0.39, 0.29) is 18.6 Å². The van der Waals surface area contributed by atoms with Crippen LogP contribution in [0.25, 0.3) is 6.08 Å². The fourth-order valence-corrected chi connectivity index (χ4v) is 1.66. The largest absolute Gasteiger partial charge is 0.452 e. The van der Waals surface area contributed by atoms with Crippen molar-refractivity contribution in [2.45, 2.75) is 18.9 Å². The molecule has 0 unspecified atom stereocenters. The maximum Gasteiger partial charge on any atom is 0.331 e. The molecule has 1 aromatic rings. The molecule has 0 spiro atoms. The summed E-state index contributed by atoms with van der Waals surface area (Å²) in [5.74, 6) is -0.807. The second kappa shape index (κ2) is 6.38. The van der Waals surface area contributed by atoms with E-state index < -0.39 is 5.97 Å². The van der Waals surface area contributed by atoms with Crippen molar-refractivity contribution < 1.29 is 14.3 Å². The first-order chi connectivity index (χ1) is 9.13. The van der Waals surface area contributed by atoms with Gasteiger partial charge in [0.15, 0.2) is 6.61 Å². The van der Waals surface area contributed by atoms with Gasteiger partial charge in [-0.3, -0.25) is 4.79 Å². The van der Waals surface area contributed by atoms with Crippen LogP contribution in [0.4, 0.5) is 0 Å². The predicted octanol–water partition coefficient (Wildman–Crippen LogP) is 2.17. The van der Waals surface area contributed by atoms with Crippen LogP contribution >= 0.6 is 11.6 Å². The number of amides is 1. The van der Waals surface area contributed by atoms with Crippen LogP contribution in [0.3, 0.4) is 0 Å². The molecule has 1 aliphatic carbocycles. The number of halogens is 1. The van der Waals surface area contributed by atoms with Gasteiger partial charge in [-0.05, 0) is 36.6 Å². The molecule has 2 rings (SSSR count). The zero-order valence-corrected chi connectivity index (χ0v) is 11.0. The van der Waals surface area contributed by atoms with E-state index >= 15 is 0 Å². The van der Waals surface area contributed by atoms with Crippen LogP contribution in [0.2, 0.25) is 5.02 Å². The molecule has 1 fully saturated rings. The number of carbonyl (C=O) groups excluding carboxylic acids is 2. The third-order valence-corrected chi connectivity index (χ3v) is 2.78. The van der Waals surface area contributed by atoms with Crippen LogP contribution in [0.15, 0.2) is 30.3 Å². The van der Waals surface area contributed by atoms with Crippen LogP contribution in [0.5, 0.6) is 0 Å². The molecule has 1 amide bonds. The highest BCUT2D eigenvalue weighted by Gasteiger charge is 2.23. The first-order valence-corrected chi connectivity index (χ1v) is 6.41. The molecule has 0 atom stereocenters.